The standard InChI is InChI=1S/C29H34N2O6/c1-6-36-14-12-30-28(32)21-10-8-9-20(15-21)25-18(3)31-13-11-19-16-23(34-4)24(35-5)17-22(19)27(31)26(25)29(33)37-7-2/h8-10,15-17H,6-7,11-14H2,1-5H3,(H,30,32). The van der Waals surface area contributed by atoms with Crippen LogP contribution < -0.4 is 14.8 Å². The van der Waals surface area contributed by atoms with Gasteiger partial charge in [0.2, 0.25) is 0 Å². The van der Waals surface area contributed by atoms with E-state index >= 15 is 0 Å². The number of nitrogens with one attached hydrogen (secondary N) is 1. The number of hydrogen-bond acceptors (Lipinski definition) is 6. The number of benzene rings is 2. The summed E-state index contributed by atoms with van der Waals surface area (Å²) in [6, 6.07) is 11.2. The Labute approximate surface area is 217 Å². The molecule has 8 nitrogen and oxygen atoms in total. The van der Waals surface area contributed by atoms with Gasteiger partial charge in [-0.3, -0.25) is 4.79 Å². The number of fused-ring (bicyclic) bond motifs is 3. The molecular formula is C29H34N2O6. The SMILES string of the molecule is CCOCCNC(=O)c1cccc(-c2c(C(=O)OCC)c3n(c2C)CCc2cc(OC)c(OC)cc2-3)c1. The van der Waals surface area contributed by atoms with E-state index in [2.05, 4.69) is 9.88 Å². The molecule has 1 aromatic heterocycles. The molecule has 0 fully saturated rings. The summed E-state index contributed by atoms with van der Waals surface area (Å²) in [4.78, 5) is 26.2. The van der Waals surface area contributed by atoms with Crippen molar-refractivity contribution >= 4 is 11.9 Å². The molecule has 0 atom stereocenters. The number of amides is 1. The van der Waals surface area contributed by atoms with Crippen LogP contribution in [0.4, 0.5) is 0 Å². The van der Waals surface area contributed by atoms with Crippen LogP contribution in [0.5, 0.6) is 11.5 Å². The zero-order valence-corrected chi connectivity index (χ0v) is 22.1. The van der Waals surface area contributed by atoms with E-state index in [9.17, 15) is 9.59 Å². The number of methoxy groups -OCH3 is 2. The quantitative estimate of drug-likeness (QED) is 0.318. The van der Waals surface area contributed by atoms with Crippen LogP contribution in [-0.2, 0) is 22.4 Å². The van der Waals surface area contributed by atoms with Gasteiger partial charge in [-0.15, -0.1) is 0 Å². The predicted molar refractivity (Wildman–Crippen MR) is 142 cm³/mol. The van der Waals surface area contributed by atoms with Gasteiger partial charge in [-0.1, -0.05) is 12.1 Å². The summed E-state index contributed by atoms with van der Waals surface area (Å²) < 4.78 is 24.1. The van der Waals surface area contributed by atoms with Crippen molar-refractivity contribution in [3.8, 4) is 33.9 Å². The summed E-state index contributed by atoms with van der Waals surface area (Å²) in [5.41, 5.74) is 6.25. The molecule has 1 amide bonds. The molecule has 2 aromatic carbocycles. The monoisotopic (exact) mass is 506 g/mol. The summed E-state index contributed by atoms with van der Waals surface area (Å²) >= 11 is 0. The van der Waals surface area contributed by atoms with Crippen LogP contribution in [-0.4, -0.2) is 57.0 Å². The highest BCUT2D eigenvalue weighted by atomic mass is 16.5. The number of rotatable bonds is 10. The molecule has 0 saturated carbocycles. The molecule has 37 heavy (non-hydrogen) atoms. The molecule has 3 aromatic rings. The number of aryl methyl sites for hydroxylation is 1. The second-order valence-electron chi connectivity index (χ2n) is 8.70. The molecule has 8 heteroatoms. The van der Waals surface area contributed by atoms with Crippen LogP contribution in [0, 0.1) is 6.92 Å². The molecule has 0 radical (unpaired) electrons. The Morgan fingerprint density at radius 3 is 2.49 bits per heavy atom. The first-order chi connectivity index (χ1) is 17.9. The van der Waals surface area contributed by atoms with Gasteiger partial charge in [0.05, 0.1) is 38.7 Å². The first kappa shape index (κ1) is 26.3. The zero-order chi connectivity index (χ0) is 26.5. The molecule has 4 rings (SSSR count). The van der Waals surface area contributed by atoms with Crippen molar-refractivity contribution < 1.29 is 28.5 Å². The normalized spacial score (nSPS) is 11.9. The van der Waals surface area contributed by atoms with Crippen LogP contribution >= 0.6 is 0 Å². The van der Waals surface area contributed by atoms with Crippen molar-refractivity contribution in [2.45, 2.75) is 33.7 Å². The minimum absolute atomic E-state index is 0.192. The molecule has 0 spiro atoms. The first-order valence-corrected chi connectivity index (χ1v) is 12.6. The number of esters is 1. The van der Waals surface area contributed by atoms with Crippen LogP contribution in [0.25, 0.3) is 22.4 Å². The third-order valence-corrected chi connectivity index (χ3v) is 6.62. The van der Waals surface area contributed by atoms with Gasteiger partial charge in [-0.2, -0.15) is 0 Å². The summed E-state index contributed by atoms with van der Waals surface area (Å²) in [6.07, 6.45) is 0.780. The van der Waals surface area contributed by atoms with Crippen LogP contribution in [0.2, 0.25) is 0 Å². The van der Waals surface area contributed by atoms with Crippen molar-refractivity contribution in [3.05, 3.63) is 58.8 Å². The van der Waals surface area contributed by atoms with E-state index in [-0.39, 0.29) is 12.5 Å². The number of carbonyl (C=O) groups excluding carboxylic acids is 2. The Morgan fingerprint density at radius 2 is 1.78 bits per heavy atom. The molecule has 1 aliphatic rings. The smallest absolute Gasteiger partial charge is 0.340 e. The van der Waals surface area contributed by atoms with Crippen molar-refractivity contribution in [1.29, 1.82) is 0 Å². The number of hydrogen-bond donors (Lipinski definition) is 1. The van der Waals surface area contributed by atoms with E-state index in [1.54, 1.807) is 27.2 Å². The second kappa shape index (κ2) is 11.5. The zero-order valence-electron chi connectivity index (χ0n) is 22.1. The minimum atomic E-state index is -0.399. The Kier molecular flexibility index (Phi) is 8.18. The maximum absolute atomic E-state index is 13.4. The first-order valence-electron chi connectivity index (χ1n) is 12.6. The lowest BCUT2D eigenvalue weighted by molar-refractivity contribution is 0.0528. The van der Waals surface area contributed by atoms with Gasteiger partial charge in [-0.05, 0) is 62.6 Å². The van der Waals surface area contributed by atoms with Crippen molar-refractivity contribution in [1.82, 2.24) is 9.88 Å². The van der Waals surface area contributed by atoms with Crippen LogP contribution in [0.3, 0.4) is 0 Å². The topological polar surface area (TPSA) is 88.0 Å². The number of ether oxygens (including phenoxy) is 4. The molecule has 2 heterocycles. The van der Waals surface area contributed by atoms with Gasteiger partial charge in [-0.25, -0.2) is 4.79 Å². The molecular weight excluding hydrogens is 472 g/mol. The molecule has 1 aliphatic heterocycles. The maximum atomic E-state index is 13.4. The van der Waals surface area contributed by atoms with E-state index in [0.29, 0.717) is 48.9 Å². The Hall–Kier alpha value is -3.78. The Balaban J connectivity index is 1.85. The maximum Gasteiger partial charge on any atom is 0.340 e. The molecule has 0 bridgehead atoms. The Bertz CT molecular complexity index is 1310. The predicted octanol–water partition coefficient (Wildman–Crippen LogP) is 4.65. The Morgan fingerprint density at radius 1 is 1.03 bits per heavy atom. The fraction of sp³-hybridized carbons (Fsp3) is 0.379. The highest BCUT2D eigenvalue weighted by Gasteiger charge is 2.32. The molecule has 1 N–H and O–H groups in total. The van der Waals surface area contributed by atoms with Crippen molar-refractivity contribution in [2.75, 3.05) is 40.6 Å². The van der Waals surface area contributed by atoms with E-state index in [1.807, 2.05) is 44.2 Å². The second-order valence-corrected chi connectivity index (χ2v) is 8.70. The fourth-order valence-corrected chi connectivity index (χ4v) is 4.93. The summed E-state index contributed by atoms with van der Waals surface area (Å²) in [5, 5.41) is 2.88. The molecule has 0 unspecified atom stereocenters. The molecule has 196 valence electrons. The number of aromatic nitrogens is 1. The average molecular weight is 507 g/mol. The number of nitrogens with zero attached hydrogens (tertiary/aromatic N) is 1. The third-order valence-electron chi connectivity index (χ3n) is 6.62. The van der Waals surface area contributed by atoms with Gasteiger partial charge in [0.1, 0.15) is 0 Å². The van der Waals surface area contributed by atoms with Gasteiger partial charge < -0.3 is 28.8 Å². The van der Waals surface area contributed by atoms with Crippen molar-refractivity contribution in [3.63, 3.8) is 0 Å². The van der Waals surface area contributed by atoms with Crippen LogP contribution in [0.1, 0.15) is 45.8 Å². The largest absolute Gasteiger partial charge is 0.493 e. The average Bonchev–Trinajstić information content (AvgIpc) is 3.22. The van der Waals surface area contributed by atoms with Gasteiger partial charge in [0.15, 0.2) is 11.5 Å². The highest BCUT2D eigenvalue weighted by molar-refractivity contribution is 6.06. The lowest BCUT2D eigenvalue weighted by Gasteiger charge is -2.23. The van der Waals surface area contributed by atoms with E-state index in [1.165, 1.54) is 0 Å². The van der Waals surface area contributed by atoms with Gasteiger partial charge >= 0.3 is 5.97 Å². The van der Waals surface area contributed by atoms with Crippen LogP contribution in [0.15, 0.2) is 36.4 Å². The third kappa shape index (κ3) is 5.06. The van der Waals surface area contributed by atoms with Gasteiger partial charge in [0.25, 0.3) is 5.91 Å². The molecule has 0 saturated heterocycles. The van der Waals surface area contributed by atoms with E-state index < -0.39 is 5.97 Å². The fourth-order valence-electron chi connectivity index (χ4n) is 4.93. The lowest BCUT2D eigenvalue weighted by Crippen LogP contribution is -2.27. The summed E-state index contributed by atoms with van der Waals surface area (Å²) in [7, 11) is 3.21. The highest BCUT2D eigenvalue weighted by Crippen LogP contribution is 2.45. The summed E-state index contributed by atoms with van der Waals surface area (Å²) in [6.45, 7) is 8.14. The number of carbonyl (C=O) groups is 2. The van der Waals surface area contributed by atoms with Gasteiger partial charge in [0, 0.05) is 42.1 Å². The summed E-state index contributed by atoms with van der Waals surface area (Å²) in [5.74, 6) is 0.654. The van der Waals surface area contributed by atoms with E-state index in [0.717, 1.165) is 40.1 Å². The molecule has 0 aliphatic carbocycles. The lowest BCUT2D eigenvalue weighted by atomic mass is 9.93. The van der Waals surface area contributed by atoms with Crippen molar-refractivity contribution in [2.24, 2.45) is 0 Å². The van der Waals surface area contributed by atoms with E-state index in [4.69, 9.17) is 18.9 Å². The minimum Gasteiger partial charge on any atom is -0.493 e.